The average molecular weight is 254 g/mol. The molecule has 0 aliphatic heterocycles. The summed E-state index contributed by atoms with van der Waals surface area (Å²) >= 11 is 0. The Balaban J connectivity index is 2.43. The molecule has 94 valence electrons. The summed E-state index contributed by atoms with van der Waals surface area (Å²) in [6, 6.07) is 6.83. The van der Waals surface area contributed by atoms with E-state index in [2.05, 4.69) is 10.0 Å². The second kappa shape index (κ2) is 7.06. The highest BCUT2D eigenvalue weighted by Gasteiger charge is 2.07. The van der Waals surface area contributed by atoms with Crippen molar-refractivity contribution in [1.29, 1.82) is 0 Å². The Morgan fingerprint density at radius 3 is 2.53 bits per heavy atom. The van der Waals surface area contributed by atoms with Crippen LogP contribution in [0.25, 0.3) is 0 Å². The lowest BCUT2D eigenvalue weighted by Crippen LogP contribution is -2.37. The first-order valence-corrected chi connectivity index (χ1v) is 6.81. The highest BCUT2D eigenvalue weighted by molar-refractivity contribution is 7.83. The molecule has 1 aromatic carbocycles. The van der Waals surface area contributed by atoms with Crippen LogP contribution >= 0.6 is 0 Å². The van der Waals surface area contributed by atoms with E-state index in [-0.39, 0.29) is 0 Å². The summed E-state index contributed by atoms with van der Waals surface area (Å²) in [6.45, 7) is 4.61. The van der Waals surface area contributed by atoms with Gasteiger partial charge in [-0.05, 0) is 25.5 Å². The lowest BCUT2D eigenvalue weighted by atomic mass is 10.2. The average Bonchev–Trinajstić information content (AvgIpc) is 2.30. The van der Waals surface area contributed by atoms with Gasteiger partial charge in [-0.1, -0.05) is 31.0 Å². The highest BCUT2D eigenvalue weighted by Crippen LogP contribution is 2.06. The van der Waals surface area contributed by atoms with Crippen molar-refractivity contribution < 1.29 is 9.00 Å². The minimum absolute atomic E-state index is 0.391. The summed E-state index contributed by atoms with van der Waals surface area (Å²) in [5, 5.41) is 2.65. The maximum Gasteiger partial charge on any atom is 0.326 e. The van der Waals surface area contributed by atoms with E-state index in [1.807, 2.05) is 26.0 Å². The summed E-state index contributed by atoms with van der Waals surface area (Å²) in [4.78, 5) is 12.0. The number of amides is 2. The molecule has 5 heteroatoms. The summed E-state index contributed by atoms with van der Waals surface area (Å²) < 4.78 is 14.1. The van der Waals surface area contributed by atoms with Gasteiger partial charge in [-0.3, -0.25) is 4.72 Å². The Morgan fingerprint density at radius 1 is 1.29 bits per heavy atom. The van der Waals surface area contributed by atoms with Crippen LogP contribution < -0.4 is 10.0 Å². The van der Waals surface area contributed by atoms with Crippen LogP contribution in [0.2, 0.25) is 0 Å². The van der Waals surface area contributed by atoms with Crippen LogP contribution in [-0.2, 0) is 11.0 Å². The van der Waals surface area contributed by atoms with Crippen LogP contribution in [0, 0.1) is 6.92 Å². The first kappa shape index (κ1) is 13.7. The van der Waals surface area contributed by atoms with Gasteiger partial charge in [-0.25, -0.2) is 9.00 Å². The molecule has 1 rings (SSSR count). The van der Waals surface area contributed by atoms with Crippen molar-refractivity contribution in [1.82, 2.24) is 10.0 Å². The summed E-state index contributed by atoms with van der Waals surface area (Å²) in [5.74, 6) is 0. The third kappa shape index (κ3) is 4.99. The van der Waals surface area contributed by atoms with E-state index in [4.69, 9.17) is 0 Å². The number of unbranched alkanes of at least 4 members (excludes halogenated alkanes) is 1. The highest BCUT2D eigenvalue weighted by atomic mass is 32.2. The van der Waals surface area contributed by atoms with Gasteiger partial charge in [-0.2, -0.15) is 0 Å². The summed E-state index contributed by atoms with van der Waals surface area (Å²) in [6.07, 6.45) is 1.94. The van der Waals surface area contributed by atoms with E-state index in [0.29, 0.717) is 11.4 Å². The molecule has 1 unspecified atom stereocenters. The standard InChI is InChI=1S/C12H18N2O2S/c1-3-4-9-13-12(15)14-17(16)11-7-5-10(2)6-8-11/h5-8H,3-4,9H2,1-2H3,(H2,13,14,15). The summed E-state index contributed by atoms with van der Waals surface area (Å²) in [7, 11) is -1.49. The van der Waals surface area contributed by atoms with Crippen LogP contribution in [0.15, 0.2) is 29.2 Å². The van der Waals surface area contributed by atoms with Gasteiger partial charge in [0.25, 0.3) is 0 Å². The number of rotatable bonds is 5. The molecule has 0 aromatic heterocycles. The largest absolute Gasteiger partial charge is 0.337 e. The van der Waals surface area contributed by atoms with Crippen molar-refractivity contribution >= 4 is 17.0 Å². The number of benzene rings is 1. The maximum atomic E-state index is 11.7. The molecule has 0 spiro atoms. The molecule has 0 aliphatic rings. The van der Waals surface area contributed by atoms with E-state index < -0.39 is 17.0 Å². The van der Waals surface area contributed by atoms with Crippen molar-refractivity contribution in [3.8, 4) is 0 Å². The predicted molar refractivity (Wildman–Crippen MR) is 69.0 cm³/mol. The van der Waals surface area contributed by atoms with Crippen molar-refractivity contribution in [3.63, 3.8) is 0 Å². The second-order valence-electron chi connectivity index (χ2n) is 3.79. The van der Waals surface area contributed by atoms with Crippen LogP contribution in [0.1, 0.15) is 25.3 Å². The zero-order valence-corrected chi connectivity index (χ0v) is 11.0. The molecule has 0 fully saturated rings. The van der Waals surface area contributed by atoms with Crippen molar-refractivity contribution in [3.05, 3.63) is 29.8 Å². The molecule has 2 N–H and O–H groups in total. The first-order chi connectivity index (χ1) is 8.13. The van der Waals surface area contributed by atoms with E-state index in [0.717, 1.165) is 18.4 Å². The molecule has 4 nitrogen and oxygen atoms in total. The van der Waals surface area contributed by atoms with E-state index in [1.54, 1.807) is 12.1 Å². The lowest BCUT2D eigenvalue weighted by Gasteiger charge is -2.06. The van der Waals surface area contributed by atoms with E-state index >= 15 is 0 Å². The molecule has 0 heterocycles. The number of hydrogen-bond donors (Lipinski definition) is 2. The number of aryl methyl sites for hydroxylation is 1. The van der Waals surface area contributed by atoms with Crippen LogP contribution in [0.4, 0.5) is 4.79 Å². The van der Waals surface area contributed by atoms with Gasteiger partial charge in [0.2, 0.25) is 0 Å². The van der Waals surface area contributed by atoms with Crippen molar-refractivity contribution in [2.75, 3.05) is 6.54 Å². The minimum Gasteiger partial charge on any atom is -0.337 e. The van der Waals surface area contributed by atoms with Crippen LogP contribution in [0.3, 0.4) is 0 Å². The Kier molecular flexibility index (Phi) is 5.69. The van der Waals surface area contributed by atoms with Gasteiger partial charge in [0.1, 0.15) is 0 Å². The fourth-order valence-electron chi connectivity index (χ4n) is 1.22. The molecule has 1 atom stereocenters. The topological polar surface area (TPSA) is 58.2 Å². The van der Waals surface area contributed by atoms with Crippen LogP contribution in [0.5, 0.6) is 0 Å². The Morgan fingerprint density at radius 2 is 1.94 bits per heavy atom. The van der Waals surface area contributed by atoms with Gasteiger partial charge < -0.3 is 5.32 Å². The molecular weight excluding hydrogens is 236 g/mol. The van der Waals surface area contributed by atoms with Gasteiger partial charge >= 0.3 is 6.03 Å². The fourth-order valence-corrected chi connectivity index (χ4v) is 1.96. The molecular formula is C12H18N2O2S. The van der Waals surface area contributed by atoms with E-state index in [9.17, 15) is 9.00 Å². The van der Waals surface area contributed by atoms with Crippen molar-refractivity contribution in [2.45, 2.75) is 31.6 Å². The monoisotopic (exact) mass is 254 g/mol. The van der Waals surface area contributed by atoms with Gasteiger partial charge in [0.05, 0.1) is 4.90 Å². The predicted octanol–water partition coefficient (Wildman–Crippen LogP) is 2.12. The number of hydrogen-bond acceptors (Lipinski definition) is 2. The number of carbonyl (C=O) groups excluding carboxylic acids is 1. The number of nitrogens with one attached hydrogen (secondary N) is 2. The van der Waals surface area contributed by atoms with E-state index in [1.165, 1.54) is 0 Å². The Hall–Kier alpha value is -1.36. The number of carbonyl (C=O) groups is 1. The summed E-state index contributed by atoms with van der Waals surface area (Å²) in [5.41, 5.74) is 1.10. The minimum atomic E-state index is -1.49. The molecule has 2 amide bonds. The van der Waals surface area contributed by atoms with Gasteiger partial charge in [-0.15, -0.1) is 0 Å². The third-order valence-electron chi connectivity index (χ3n) is 2.24. The zero-order chi connectivity index (χ0) is 12.7. The molecule has 0 saturated heterocycles. The van der Waals surface area contributed by atoms with Gasteiger partial charge in [0, 0.05) is 6.54 Å². The normalized spacial score (nSPS) is 11.9. The Labute approximate surface area is 104 Å². The molecule has 17 heavy (non-hydrogen) atoms. The van der Waals surface area contributed by atoms with Gasteiger partial charge in [0.15, 0.2) is 11.0 Å². The zero-order valence-electron chi connectivity index (χ0n) is 10.2. The molecule has 0 bridgehead atoms. The molecule has 0 saturated carbocycles. The fraction of sp³-hybridized carbons (Fsp3) is 0.417. The quantitative estimate of drug-likeness (QED) is 0.791. The number of urea groups is 1. The first-order valence-electron chi connectivity index (χ1n) is 5.66. The second-order valence-corrected chi connectivity index (χ2v) is 5.01. The maximum absolute atomic E-state index is 11.7. The molecule has 0 radical (unpaired) electrons. The smallest absolute Gasteiger partial charge is 0.326 e. The SMILES string of the molecule is CCCCNC(=O)NS(=O)c1ccc(C)cc1. The third-order valence-corrected chi connectivity index (χ3v) is 3.31. The molecule has 1 aromatic rings. The van der Waals surface area contributed by atoms with Crippen LogP contribution in [-0.4, -0.2) is 16.8 Å². The van der Waals surface area contributed by atoms with Crippen molar-refractivity contribution in [2.24, 2.45) is 0 Å². The lowest BCUT2D eigenvalue weighted by molar-refractivity contribution is 0.246. The molecule has 0 aliphatic carbocycles. The Bertz CT molecular complexity index is 390.